The van der Waals surface area contributed by atoms with Gasteiger partial charge in [-0.3, -0.25) is 0 Å². The third-order valence-corrected chi connectivity index (χ3v) is 4.91. The van der Waals surface area contributed by atoms with E-state index in [1.807, 2.05) is 0 Å². The number of rotatable bonds is 1. The Balaban J connectivity index is 1.77. The molecule has 0 fully saturated rings. The lowest BCUT2D eigenvalue weighted by Gasteiger charge is -2.36. The average Bonchev–Trinajstić information content (AvgIpc) is 2.60. The maximum atomic E-state index is 2.36. The number of hydrogen-bond acceptors (Lipinski definition) is 1. The summed E-state index contributed by atoms with van der Waals surface area (Å²) < 4.78 is 2.26. The first kappa shape index (κ1) is 14.0. The summed E-state index contributed by atoms with van der Waals surface area (Å²) in [6, 6.07) is 13.3. The minimum Gasteiger partial charge on any atom is -0.367 e. The molecule has 2 heteroatoms. The summed E-state index contributed by atoms with van der Waals surface area (Å²) >= 11 is 0. The number of pyridine rings is 1. The first-order valence-corrected chi connectivity index (χ1v) is 8.09. The molecular weight excluding hydrogens is 280 g/mol. The predicted octanol–water partition coefficient (Wildman–Crippen LogP) is 3.62. The van der Waals surface area contributed by atoms with Crippen molar-refractivity contribution in [3.8, 4) is 0 Å². The van der Waals surface area contributed by atoms with E-state index >= 15 is 0 Å². The lowest BCUT2D eigenvalue weighted by molar-refractivity contribution is -0.646. The molecule has 2 aromatic rings. The van der Waals surface area contributed by atoms with Crippen molar-refractivity contribution in [1.82, 2.24) is 4.90 Å². The van der Waals surface area contributed by atoms with Crippen LogP contribution in [0.3, 0.4) is 0 Å². The lowest BCUT2D eigenvalue weighted by atomic mass is 9.90. The van der Waals surface area contributed by atoms with Crippen LogP contribution in [-0.2, 0) is 7.05 Å². The van der Waals surface area contributed by atoms with Crippen LogP contribution in [0.5, 0.6) is 0 Å². The molecule has 2 unspecified atom stereocenters. The zero-order valence-electron chi connectivity index (χ0n) is 13.6. The van der Waals surface area contributed by atoms with Gasteiger partial charge < -0.3 is 4.90 Å². The zero-order chi connectivity index (χ0) is 15.8. The topological polar surface area (TPSA) is 7.12 Å². The fourth-order valence-corrected chi connectivity index (χ4v) is 3.48. The third kappa shape index (κ3) is 2.40. The standard InChI is InChI=1S/C21H21N2/c1-22-18(13-11-16-7-3-5-9-20(16)22)15-19-14-12-17-8-4-6-10-21(17)23(19)2/h3-16,20H,1-2H3/q+1. The Hall–Kier alpha value is -2.61. The Morgan fingerprint density at radius 3 is 2.74 bits per heavy atom. The van der Waals surface area contributed by atoms with Crippen LogP contribution >= 0.6 is 0 Å². The molecule has 1 aliphatic heterocycles. The van der Waals surface area contributed by atoms with E-state index in [1.165, 1.54) is 22.3 Å². The molecule has 4 rings (SSSR count). The number of aromatic nitrogens is 1. The largest absolute Gasteiger partial charge is 0.367 e. The van der Waals surface area contributed by atoms with E-state index < -0.39 is 0 Å². The molecule has 0 spiro atoms. The predicted molar refractivity (Wildman–Crippen MR) is 95.6 cm³/mol. The van der Waals surface area contributed by atoms with Gasteiger partial charge in [-0.05, 0) is 18.2 Å². The van der Waals surface area contributed by atoms with Crippen molar-refractivity contribution >= 4 is 17.0 Å². The van der Waals surface area contributed by atoms with Gasteiger partial charge in [0.1, 0.15) is 7.05 Å². The number of para-hydroxylation sites is 1. The Bertz CT molecular complexity index is 871. The maximum Gasteiger partial charge on any atom is 0.212 e. The second kappa shape index (κ2) is 5.54. The van der Waals surface area contributed by atoms with Gasteiger partial charge in [-0.15, -0.1) is 0 Å². The molecule has 2 nitrogen and oxygen atoms in total. The van der Waals surface area contributed by atoms with E-state index in [-0.39, 0.29) is 0 Å². The number of nitrogens with zero attached hydrogens (tertiary/aromatic N) is 2. The Morgan fingerprint density at radius 2 is 1.83 bits per heavy atom. The molecular formula is C21H21N2+. The fourth-order valence-electron chi connectivity index (χ4n) is 3.48. The monoisotopic (exact) mass is 301 g/mol. The summed E-state index contributed by atoms with van der Waals surface area (Å²) in [6.07, 6.45) is 15.6. The van der Waals surface area contributed by atoms with Crippen molar-refractivity contribution in [2.75, 3.05) is 7.05 Å². The molecule has 0 saturated carbocycles. The minimum absolute atomic E-state index is 0.419. The van der Waals surface area contributed by atoms with E-state index in [2.05, 4.69) is 102 Å². The molecule has 0 N–H and O–H groups in total. The second-order valence-corrected chi connectivity index (χ2v) is 6.25. The van der Waals surface area contributed by atoms with Crippen LogP contribution in [0.15, 0.2) is 78.6 Å². The number of aryl methyl sites for hydroxylation is 1. The molecule has 114 valence electrons. The summed E-state index contributed by atoms with van der Waals surface area (Å²) in [5.41, 5.74) is 3.71. The lowest BCUT2D eigenvalue weighted by Crippen LogP contribution is -2.38. The van der Waals surface area contributed by atoms with Crippen molar-refractivity contribution in [2.24, 2.45) is 13.0 Å². The first-order chi connectivity index (χ1) is 11.2. The van der Waals surface area contributed by atoms with Gasteiger partial charge >= 0.3 is 0 Å². The fraction of sp³-hybridized carbons (Fsp3) is 0.190. The second-order valence-electron chi connectivity index (χ2n) is 6.25. The SMILES string of the molecule is CN1/C(=C/c2ccc3ccccc3[n+]2C)C=CC2C=CC=CC21. The van der Waals surface area contributed by atoms with Gasteiger partial charge in [0.25, 0.3) is 0 Å². The smallest absolute Gasteiger partial charge is 0.212 e. The molecule has 1 aromatic heterocycles. The highest BCUT2D eigenvalue weighted by Gasteiger charge is 2.25. The normalized spacial score (nSPS) is 24.4. The van der Waals surface area contributed by atoms with Crippen LogP contribution in [0.4, 0.5) is 0 Å². The molecule has 2 aliphatic rings. The molecule has 1 aromatic carbocycles. The highest BCUT2D eigenvalue weighted by Crippen LogP contribution is 2.28. The molecule has 1 aliphatic carbocycles. The number of allylic oxidation sites excluding steroid dienone is 3. The van der Waals surface area contributed by atoms with Gasteiger partial charge in [-0.2, -0.15) is 4.57 Å². The van der Waals surface area contributed by atoms with Crippen LogP contribution in [0.25, 0.3) is 17.0 Å². The van der Waals surface area contributed by atoms with Gasteiger partial charge in [0.05, 0.1) is 6.04 Å². The van der Waals surface area contributed by atoms with E-state index in [1.54, 1.807) is 0 Å². The molecule has 23 heavy (non-hydrogen) atoms. The quantitative estimate of drug-likeness (QED) is 0.730. The Morgan fingerprint density at radius 1 is 1.00 bits per heavy atom. The van der Waals surface area contributed by atoms with Crippen molar-refractivity contribution in [2.45, 2.75) is 6.04 Å². The molecule has 2 atom stereocenters. The third-order valence-electron chi connectivity index (χ3n) is 4.91. The van der Waals surface area contributed by atoms with Crippen LogP contribution < -0.4 is 4.57 Å². The van der Waals surface area contributed by atoms with Crippen LogP contribution in [0, 0.1) is 5.92 Å². The Labute approximate surface area is 137 Å². The summed E-state index contributed by atoms with van der Waals surface area (Å²) in [6.45, 7) is 0. The van der Waals surface area contributed by atoms with Crippen molar-refractivity contribution in [3.05, 3.63) is 84.2 Å². The number of benzene rings is 1. The summed E-state index contributed by atoms with van der Waals surface area (Å²) in [5, 5.41) is 1.27. The van der Waals surface area contributed by atoms with Crippen LogP contribution in [0.2, 0.25) is 0 Å². The number of hydrogen-bond donors (Lipinski definition) is 0. The van der Waals surface area contributed by atoms with Crippen LogP contribution in [0.1, 0.15) is 5.69 Å². The van der Waals surface area contributed by atoms with E-state index in [9.17, 15) is 0 Å². The average molecular weight is 301 g/mol. The van der Waals surface area contributed by atoms with Crippen molar-refractivity contribution in [1.29, 1.82) is 0 Å². The Kier molecular flexibility index (Phi) is 3.38. The molecule has 0 bridgehead atoms. The van der Waals surface area contributed by atoms with Crippen molar-refractivity contribution < 1.29 is 4.57 Å². The van der Waals surface area contributed by atoms with Crippen molar-refractivity contribution in [3.63, 3.8) is 0 Å². The maximum absolute atomic E-state index is 2.36. The van der Waals surface area contributed by atoms with Gasteiger partial charge in [0.15, 0.2) is 0 Å². The number of fused-ring (bicyclic) bond motifs is 2. The molecule has 0 radical (unpaired) electrons. The van der Waals surface area contributed by atoms with E-state index in [0.29, 0.717) is 12.0 Å². The summed E-state index contributed by atoms with van der Waals surface area (Å²) in [5.74, 6) is 0.479. The van der Waals surface area contributed by atoms with Crippen LogP contribution in [-0.4, -0.2) is 18.0 Å². The zero-order valence-corrected chi connectivity index (χ0v) is 13.6. The van der Waals surface area contributed by atoms with Gasteiger partial charge in [0.2, 0.25) is 11.2 Å². The molecule has 2 heterocycles. The van der Waals surface area contributed by atoms with E-state index in [4.69, 9.17) is 0 Å². The molecule has 0 saturated heterocycles. The highest BCUT2D eigenvalue weighted by atomic mass is 15.1. The van der Waals surface area contributed by atoms with Gasteiger partial charge in [-0.25, -0.2) is 0 Å². The van der Waals surface area contributed by atoms with Gasteiger partial charge in [-0.1, -0.05) is 42.5 Å². The van der Waals surface area contributed by atoms with Gasteiger partial charge in [0, 0.05) is 42.3 Å². The molecule has 0 amide bonds. The highest BCUT2D eigenvalue weighted by molar-refractivity contribution is 5.76. The number of likely N-dealkylation sites (N-methyl/N-ethyl adjacent to an activating group) is 1. The summed E-state index contributed by atoms with van der Waals surface area (Å²) in [7, 11) is 4.31. The summed E-state index contributed by atoms with van der Waals surface area (Å²) in [4.78, 5) is 2.36. The minimum atomic E-state index is 0.419. The van der Waals surface area contributed by atoms with E-state index in [0.717, 1.165) is 0 Å². The first-order valence-electron chi connectivity index (χ1n) is 8.09.